The fourth-order valence-electron chi connectivity index (χ4n) is 5.94. The number of benzene rings is 2. The molecule has 208 valence electrons. The number of rotatable bonds is 6. The van der Waals surface area contributed by atoms with Crippen LogP contribution in [0.15, 0.2) is 51.7 Å². The first-order chi connectivity index (χ1) is 18.5. The Hall–Kier alpha value is -3.33. The van der Waals surface area contributed by atoms with Gasteiger partial charge in [-0.25, -0.2) is 4.79 Å². The number of amides is 1. The molecule has 0 unspecified atom stereocenters. The minimum atomic E-state index is -4.43. The summed E-state index contributed by atoms with van der Waals surface area (Å²) in [7, 11) is 0. The van der Waals surface area contributed by atoms with Crippen LogP contribution in [0.25, 0.3) is 11.0 Å². The van der Waals surface area contributed by atoms with Gasteiger partial charge < -0.3 is 19.2 Å². The number of alkyl halides is 3. The van der Waals surface area contributed by atoms with E-state index >= 15 is 0 Å². The van der Waals surface area contributed by atoms with Crippen LogP contribution >= 0.6 is 0 Å². The first kappa shape index (κ1) is 27.2. The minimum absolute atomic E-state index is 0.0279. The lowest BCUT2D eigenvalue weighted by atomic mass is 9.71. The van der Waals surface area contributed by atoms with Crippen molar-refractivity contribution >= 4 is 16.9 Å². The van der Waals surface area contributed by atoms with Crippen LogP contribution in [-0.4, -0.2) is 34.6 Å². The maximum Gasteiger partial charge on any atom is 0.416 e. The molecule has 2 aliphatic rings. The van der Waals surface area contributed by atoms with Gasteiger partial charge in [0.2, 0.25) is 5.91 Å². The van der Waals surface area contributed by atoms with E-state index in [4.69, 9.17) is 9.15 Å². The Morgan fingerprint density at radius 1 is 1.18 bits per heavy atom. The summed E-state index contributed by atoms with van der Waals surface area (Å²) in [6.45, 7) is 2.82. The molecule has 0 spiro atoms. The van der Waals surface area contributed by atoms with Crippen molar-refractivity contribution in [1.29, 1.82) is 0 Å². The zero-order valence-corrected chi connectivity index (χ0v) is 21.9. The lowest BCUT2D eigenvalue weighted by molar-refractivity contribution is -0.143. The first-order valence-electron chi connectivity index (χ1n) is 13.4. The lowest BCUT2D eigenvalue weighted by Gasteiger charge is -2.47. The number of ether oxygens (including phenoxy) is 1. The summed E-state index contributed by atoms with van der Waals surface area (Å²) in [5, 5.41) is 11.6. The standard InChI is InChI=1S/C30H32F3NO5/c1-19-24-9-8-23(38-18-20-5-4-7-21(15-20)30(31,32)33)16-26(24)39-28(36)25(19)10-11-27(35)34-14-13-29(37)12-3-2-6-22(29)17-34/h4-5,7-9,15-16,22,37H,2-3,6,10-14,17-18H2,1H3/t22-,29-/m0/s1. The summed E-state index contributed by atoms with van der Waals surface area (Å²) in [4.78, 5) is 27.6. The lowest BCUT2D eigenvalue weighted by Crippen LogP contribution is -2.54. The van der Waals surface area contributed by atoms with E-state index in [0.717, 1.165) is 43.4 Å². The Balaban J connectivity index is 1.24. The van der Waals surface area contributed by atoms with Crippen LogP contribution in [0.4, 0.5) is 13.2 Å². The van der Waals surface area contributed by atoms with E-state index in [9.17, 15) is 27.9 Å². The molecule has 1 saturated heterocycles. The highest BCUT2D eigenvalue weighted by Gasteiger charge is 2.43. The number of aryl methyl sites for hydroxylation is 1. The zero-order valence-electron chi connectivity index (χ0n) is 21.9. The van der Waals surface area contributed by atoms with Gasteiger partial charge in [0.25, 0.3) is 0 Å². The molecule has 0 bridgehead atoms. The highest BCUT2D eigenvalue weighted by atomic mass is 19.4. The molecule has 1 aromatic heterocycles. The van der Waals surface area contributed by atoms with Crippen molar-refractivity contribution in [2.45, 2.75) is 70.3 Å². The van der Waals surface area contributed by atoms with Crippen molar-refractivity contribution in [1.82, 2.24) is 4.90 Å². The Morgan fingerprint density at radius 2 is 2.00 bits per heavy atom. The number of fused-ring (bicyclic) bond motifs is 2. The number of piperidine rings is 1. The predicted octanol–water partition coefficient (Wildman–Crippen LogP) is 5.79. The smallest absolute Gasteiger partial charge is 0.416 e. The van der Waals surface area contributed by atoms with Gasteiger partial charge in [-0.2, -0.15) is 13.2 Å². The third kappa shape index (κ3) is 5.83. The fourth-order valence-corrected chi connectivity index (χ4v) is 5.94. The Bertz CT molecular complexity index is 1430. The number of halogens is 3. The molecule has 1 N–H and O–H groups in total. The van der Waals surface area contributed by atoms with Crippen LogP contribution < -0.4 is 10.4 Å². The first-order valence-corrected chi connectivity index (χ1v) is 13.4. The number of hydrogen-bond donors (Lipinski definition) is 1. The molecule has 6 nitrogen and oxygen atoms in total. The highest BCUT2D eigenvalue weighted by Crippen LogP contribution is 2.40. The average molecular weight is 544 g/mol. The van der Waals surface area contributed by atoms with Gasteiger partial charge in [-0.1, -0.05) is 25.0 Å². The zero-order chi connectivity index (χ0) is 27.8. The normalized spacial score (nSPS) is 21.6. The quantitative estimate of drug-likeness (QED) is 0.399. The van der Waals surface area contributed by atoms with E-state index in [0.29, 0.717) is 47.4 Å². The van der Waals surface area contributed by atoms with Gasteiger partial charge in [-0.05, 0) is 68.0 Å². The van der Waals surface area contributed by atoms with Crippen LogP contribution in [0, 0.1) is 12.8 Å². The Kier molecular flexibility index (Phi) is 7.46. The second-order valence-corrected chi connectivity index (χ2v) is 10.8. The van der Waals surface area contributed by atoms with Gasteiger partial charge in [-0.3, -0.25) is 4.79 Å². The number of aliphatic hydroxyl groups is 1. The number of nitrogens with zero attached hydrogens (tertiary/aromatic N) is 1. The predicted molar refractivity (Wildman–Crippen MR) is 139 cm³/mol. The Labute approximate surface area is 224 Å². The van der Waals surface area contributed by atoms with Crippen molar-refractivity contribution in [3.63, 3.8) is 0 Å². The van der Waals surface area contributed by atoms with Crippen LogP contribution in [-0.2, 0) is 24.0 Å². The van der Waals surface area contributed by atoms with Crippen molar-refractivity contribution in [2.24, 2.45) is 5.92 Å². The van der Waals surface area contributed by atoms with Crippen molar-refractivity contribution < 1.29 is 32.2 Å². The number of carbonyl (C=O) groups is 1. The fraction of sp³-hybridized carbons (Fsp3) is 0.467. The Morgan fingerprint density at radius 3 is 2.79 bits per heavy atom. The van der Waals surface area contributed by atoms with E-state index in [1.165, 1.54) is 6.07 Å². The van der Waals surface area contributed by atoms with E-state index in [1.807, 2.05) is 11.8 Å². The van der Waals surface area contributed by atoms with Gasteiger partial charge in [-0.15, -0.1) is 0 Å². The molecule has 2 atom stereocenters. The summed E-state index contributed by atoms with van der Waals surface area (Å²) in [5.74, 6) is 0.444. The largest absolute Gasteiger partial charge is 0.489 e. The molecular formula is C30H32F3NO5. The molecular weight excluding hydrogens is 511 g/mol. The second-order valence-electron chi connectivity index (χ2n) is 10.8. The molecule has 39 heavy (non-hydrogen) atoms. The van der Waals surface area contributed by atoms with Crippen LogP contribution in [0.3, 0.4) is 0 Å². The van der Waals surface area contributed by atoms with Gasteiger partial charge in [0, 0.05) is 42.4 Å². The van der Waals surface area contributed by atoms with Crippen LogP contribution in [0.5, 0.6) is 5.75 Å². The molecule has 2 heterocycles. The molecule has 2 fully saturated rings. The van der Waals surface area contributed by atoms with Gasteiger partial charge >= 0.3 is 11.8 Å². The van der Waals surface area contributed by atoms with Crippen LogP contribution in [0.2, 0.25) is 0 Å². The maximum atomic E-state index is 13.0. The SMILES string of the molecule is Cc1c(CCC(=O)N2CC[C@@]3(O)CCCC[C@H]3C2)c(=O)oc2cc(OCc3cccc(C(F)(F)F)c3)ccc12. The van der Waals surface area contributed by atoms with E-state index in [-0.39, 0.29) is 31.3 Å². The maximum absolute atomic E-state index is 13.0. The van der Waals surface area contributed by atoms with Crippen molar-refractivity contribution in [3.05, 3.63) is 75.1 Å². The van der Waals surface area contributed by atoms with Crippen molar-refractivity contribution in [2.75, 3.05) is 13.1 Å². The summed E-state index contributed by atoms with van der Waals surface area (Å²) < 4.78 is 50.1. The molecule has 1 aliphatic heterocycles. The molecule has 9 heteroatoms. The summed E-state index contributed by atoms with van der Waals surface area (Å²) in [5.41, 5.74) is -0.0842. The number of hydrogen-bond acceptors (Lipinski definition) is 5. The molecule has 2 aromatic carbocycles. The monoisotopic (exact) mass is 543 g/mol. The molecule has 0 radical (unpaired) electrons. The van der Waals surface area contributed by atoms with Crippen LogP contribution in [0.1, 0.15) is 60.8 Å². The molecule has 1 aliphatic carbocycles. The molecule has 1 saturated carbocycles. The average Bonchev–Trinajstić information content (AvgIpc) is 2.90. The molecule has 5 rings (SSSR count). The van der Waals surface area contributed by atoms with E-state index in [1.54, 1.807) is 24.3 Å². The van der Waals surface area contributed by atoms with E-state index in [2.05, 4.69) is 0 Å². The molecule has 3 aromatic rings. The van der Waals surface area contributed by atoms with E-state index < -0.39 is 23.0 Å². The minimum Gasteiger partial charge on any atom is -0.489 e. The topological polar surface area (TPSA) is 80.0 Å². The van der Waals surface area contributed by atoms with Gasteiger partial charge in [0.05, 0.1) is 11.2 Å². The second kappa shape index (κ2) is 10.7. The van der Waals surface area contributed by atoms with Crippen molar-refractivity contribution in [3.8, 4) is 5.75 Å². The third-order valence-electron chi connectivity index (χ3n) is 8.29. The summed E-state index contributed by atoms with van der Waals surface area (Å²) in [6, 6.07) is 9.89. The summed E-state index contributed by atoms with van der Waals surface area (Å²) >= 11 is 0. The van der Waals surface area contributed by atoms with Gasteiger partial charge in [0.15, 0.2) is 0 Å². The highest BCUT2D eigenvalue weighted by molar-refractivity contribution is 5.83. The molecule has 1 amide bonds. The number of likely N-dealkylation sites (tertiary alicyclic amines) is 1. The summed E-state index contributed by atoms with van der Waals surface area (Å²) in [6.07, 6.45) is 0.429. The van der Waals surface area contributed by atoms with Gasteiger partial charge in [0.1, 0.15) is 17.9 Å². The number of carbonyl (C=O) groups excluding carboxylic acids is 1. The third-order valence-corrected chi connectivity index (χ3v) is 8.29.